The molecule has 1 amide bonds. The fraction of sp³-hybridized carbons (Fsp3) is 0.471. The van der Waals surface area contributed by atoms with Gasteiger partial charge in [-0.1, -0.05) is 28.9 Å². The van der Waals surface area contributed by atoms with Gasteiger partial charge in [-0.05, 0) is 38.5 Å². The number of ether oxygens (including phenoxy) is 2. The Labute approximate surface area is 152 Å². The van der Waals surface area contributed by atoms with Crippen LogP contribution in [0.1, 0.15) is 42.9 Å². The summed E-state index contributed by atoms with van der Waals surface area (Å²) in [5, 5.41) is 11.4. The summed E-state index contributed by atoms with van der Waals surface area (Å²) in [4.78, 5) is 12.3. The smallest absolute Gasteiger partial charge is 0.273 e. The molecule has 8 heteroatoms. The highest BCUT2D eigenvalue weighted by Gasteiger charge is 2.17. The fourth-order valence-electron chi connectivity index (χ4n) is 2.30. The number of rotatable bonds is 9. The largest absolute Gasteiger partial charge is 0.351 e. The topological polar surface area (TPSA) is 78.3 Å². The average Bonchev–Trinajstić information content (AvgIpc) is 3.04. The molecular formula is C17H23ClN4O3. The maximum atomic E-state index is 12.3. The van der Waals surface area contributed by atoms with Gasteiger partial charge in [0.05, 0.1) is 18.8 Å². The molecule has 0 aliphatic carbocycles. The zero-order valence-electron chi connectivity index (χ0n) is 14.6. The molecule has 0 aliphatic rings. The molecule has 136 valence electrons. The van der Waals surface area contributed by atoms with Gasteiger partial charge in [0.1, 0.15) is 0 Å². The third-order valence-electron chi connectivity index (χ3n) is 3.51. The molecule has 0 saturated carbocycles. The van der Waals surface area contributed by atoms with Crippen LogP contribution in [0.5, 0.6) is 0 Å². The monoisotopic (exact) mass is 366 g/mol. The van der Waals surface area contributed by atoms with Gasteiger partial charge in [-0.15, -0.1) is 5.10 Å². The van der Waals surface area contributed by atoms with Crippen molar-refractivity contribution in [1.29, 1.82) is 0 Å². The van der Waals surface area contributed by atoms with Crippen LogP contribution in [0.25, 0.3) is 0 Å². The number of hydrogen-bond donors (Lipinski definition) is 1. The Kier molecular flexibility index (Phi) is 7.36. The highest BCUT2D eigenvalue weighted by atomic mass is 35.5. The van der Waals surface area contributed by atoms with Crippen LogP contribution in [0.15, 0.2) is 30.5 Å². The van der Waals surface area contributed by atoms with Crippen LogP contribution in [0, 0.1) is 0 Å². The molecule has 0 bridgehead atoms. The number of benzene rings is 1. The lowest BCUT2D eigenvalue weighted by atomic mass is 10.1. The number of amides is 1. The van der Waals surface area contributed by atoms with Crippen LogP contribution in [0.3, 0.4) is 0 Å². The van der Waals surface area contributed by atoms with Crippen molar-refractivity contribution in [3.63, 3.8) is 0 Å². The molecule has 0 fully saturated rings. The first kappa shape index (κ1) is 19.4. The Morgan fingerprint density at radius 1 is 1.32 bits per heavy atom. The van der Waals surface area contributed by atoms with E-state index in [-0.39, 0.29) is 17.6 Å². The molecular weight excluding hydrogens is 344 g/mol. The van der Waals surface area contributed by atoms with Crippen LogP contribution in [-0.2, 0) is 16.0 Å². The van der Waals surface area contributed by atoms with Gasteiger partial charge >= 0.3 is 0 Å². The van der Waals surface area contributed by atoms with Gasteiger partial charge in [0.15, 0.2) is 12.0 Å². The molecule has 25 heavy (non-hydrogen) atoms. The van der Waals surface area contributed by atoms with Crippen molar-refractivity contribution >= 4 is 17.5 Å². The predicted octanol–water partition coefficient (Wildman–Crippen LogP) is 2.82. The van der Waals surface area contributed by atoms with Crippen LogP contribution in [-0.4, -0.2) is 40.4 Å². The van der Waals surface area contributed by atoms with Crippen molar-refractivity contribution in [2.45, 2.75) is 39.6 Å². The van der Waals surface area contributed by atoms with E-state index in [0.717, 1.165) is 5.56 Å². The predicted molar refractivity (Wildman–Crippen MR) is 94.4 cm³/mol. The summed E-state index contributed by atoms with van der Waals surface area (Å²) >= 11 is 5.98. The van der Waals surface area contributed by atoms with Crippen LogP contribution in [0.2, 0.25) is 5.02 Å². The Bertz CT molecular complexity index is 686. The summed E-state index contributed by atoms with van der Waals surface area (Å²) in [5.41, 5.74) is 1.15. The maximum Gasteiger partial charge on any atom is 0.273 e. The summed E-state index contributed by atoms with van der Waals surface area (Å²) in [7, 11) is 0. The first-order valence-corrected chi connectivity index (χ1v) is 8.61. The second-order valence-corrected chi connectivity index (χ2v) is 5.85. The molecule has 0 aliphatic heterocycles. The van der Waals surface area contributed by atoms with E-state index in [2.05, 4.69) is 15.6 Å². The van der Waals surface area contributed by atoms with E-state index >= 15 is 0 Å². The Balaban J connectivity index is 1.97. The lowest BCUT2D eigenvalue weighted by Crippen LogP contribution is -2.27. The molecule has 0 spiro atoms. The lowest BCUT2D eigenvalue weighted by Gasteiger charge is -2.16. The number of halogens is 1. The van der Waals surface area contributed by atoms with Gasteiger partial charge in [0, 0.05) is 18.2 Å². The minimum absolute atomic E-state index is 0.198. The number of aromatic nitrogens is 3. The summed E-state index contributed by atoms with van der Waals surface area (Å²) in [6.45, 7) is 7.10. The molecule has 1 aromatic heterocycles. The van der Waals surface area contributed by atoms with Gasteiger partial charge in [0.25, 0.3) is 5.91 Å². The van der Waals surface area contributed by atoms with Crippen molar-refractivity contribution in [1.82, 2.24) is 20.3 Å². The SMILES string of the molecule is CCOC(Cn1cc(C(=O)NC(C)c2cccc(Cl)c2)nn1)OCC. The van der Waals surface area contributed by atoms with Gasteiger partial charge in [-0.3, -0.25) is 4.79 Å². The average molecular weight is 367 g/mol. The van der Waals surface area contributed by atoms with Crippen molar-refractivity contribution in [2.24, 2.45) is 0 Å². The fourth-order valence-corrected chi connectivity index (χ4v) is 2.50. The van der Waals surface area contributed by atoms with Crippen LogP contribution < -0.4 is 5.32 Å². The second-order valence-electron chi connectivity index (χ2n) is 5.42. The zero-order valence-corrected chi connectivity index (χ0v) is 15.4. The molecule has 1 atom stereocenters. The van der Waals surface area contributed by atoms with E-state index in [1.54, 1.807) is 12.3 Å². The van der Waals surface area contributed by atoms with Crippen molar-refractivity contribution < 1.29 is 14.3 Å². The number of carbonyl (C=O) groups excluding carboxylic acids is 1. The molecule has 1 N–H and O–H groups in total. The van der Waals surface area contributed by atoms with Gasteiger partial charge < -0.3 is 14.8 Å². The van der Waals surface area contributed by atoms with Gasteiger partial charge in [-0.2, -0.15) is 0 Å². The summed E-state index contributed by atoms with van der Waals surface area (Å²) in [6, 6.07) is 7.16. The molecule has 7 nitrogen and oxygen atoms in total. The first-order valence-electron chi connectivity index (χ1n) is 8.23. The molecule has 2 aromatic rings. The minimum atomic E-state index is -0.419. The normalized spacial score (nSPS) is 12.4. The number of hydrogen-bond acceptors (Lipinski definition) is 5. The summed E-state index contributed by atoms with van der Waals surface area (Å²) < 4.78 is 12.5. The van der Waals surface area contributed by atoms with Crippen LogP contribution in [0.4, 0.5) is 0 Å². The number of nitrogens with one attached hydrogen (secondary N) is 1. The molecule has 0 saturated heterocycles. The summed E-state index contributed by atoms with van der Waals surface area (Å²) in [6.07, 6.45) is 1.16. The third kappa shape index (κ3) is 5.81. The minimum Gasteiger partial charge on any atom is -0.351 e. The molecule has 1 aromatic carbocycles. The van der Waals surface area contributed by atoms with Crippen molar-refractivity contribution in [2.75, 3.05) is 13.2 Å². The molecule has 2 rings (SSSR count). The number of nitrogens with zero attached hydrogens (tertiary/aromatic N) is 3. The van der Waals surface area contributed by atoms with E-state index in [4.69, 9.17) is 21.1 Å². The van der Waals surface area contributed by atoms with Crippen molar-refractivity contribution in [3.8, 4) is 0 Å². The second kappa shape index (κ2) is 9.50. The highest BCUT2D eigenvalue weighted by Crippen LogP contribution is 2.17. The zero-order chi connectivity index (χ0) is 18.2. The molecule has 1 unspecified atom stereocenters. The van der Waals surface area contributed by atoms with E-state index in [1.165, 1.54) is 4.68 Å². The third-order valence-corrected chi connectivity index (χ3v) is 3.74. The first-order chi connectivity index (χ1) is 12.0. The highest BCUT2D eigenvalue weighted by molar-refractivity contribution is 6.30. The maximum absolute atomic E-state index is 12.3. The Morgan fingerprint density at radius 2 is 2.04 bits per heavy atom. The number of carbonyl (C=O) groups is 1. The van der Waals surface area contributed by atoms with E-state index in [1.807, 2.05) is 39.0 Å². The Morgan fingerprint density at radius 3 is 2.68 bits per heavy atom. The quantitative estimate of drug-likeness (QED) is 0.690. The van der Waals surface area contributed by atoms with Crippen LogP contribution >= 0.6 is 11.6 Å². The van der Waals surface area contributed by atoms with E-state index in [9.17, 15) is 4.79 Å². The van der Waals surface area contributed by atoms with E-state index in [0.29, 0.717) is 24.8 Å². The molecule has 1 heterocycles. The van der Waals surface area contributed by atoms with Gasteiger partial charge in [0.2, 0.25) is 0 Å². The summed E-state index contributed by atoms with van der Waals surface area (Å²) in [5.74, 6) is -0.303. The van der Waals surface area contributed by atoms with E-state index < -0.39 is 6.29 Å². The Hall–Kier alpha value is -1.96. The molecule has 0 radical (unpaired) electrons. The lowest BCUT2D eigenvalue weighted by molar-refractivity contribution is -0.145. The standard InChI is InChI=1S/C17H23ClN4O3/c1-4-24-16(25-5-2)11-22-10-15(20-21-22)17(23)19-12(3)13-7-6-8-14(18)9-13/h6-10,12,16H,4-5,11H2,1-3H3,(H,19,23). The van der Waals surface area contributed by atoms with Gasteiger partial charge in [-0.25, -0.2) is 4.68 Å². The van der Waals surface area contributed by atoms with Crippen molar-refractivity contribution in [3.05, 3.63) is 46.7 Å².